The average Bonchev–Trinajstić information content (AvgIpc) is 2.97. The number of likely N-dealkylation sites (tertiary alicyclic amines) is 1. The number of aromatic nitrogens is 1. The number of nitrogens with zero attached hydrogens (tertiary/aromatic N) is 2. The minimum Gasteiger partial charge on any atom is -0.297 e. The first-order chi connectivity index (χ1) is 10.2. The zero-order chi connectivity index (χ0) is 14.7. The van der Waals surface area contributed by atoms with E-state index in [4.69, 9.17) is 0 Å². The molecule has 0 amide bonds. The highest BCUT2D eigenvalue weighted by Gasteiger charge is 2.23. The summed E-state index contributed by atoms with van der Waals surface area (Å²) in [5, 5.41) is 0. The number of halogens is 1. The second kappa shape index (κ2) is 6.35. The molecule has 0 spiro atoms. The first-order valence-electron chi connectivity index (χ1n) is 7.66. The number of hydrogen-bond acceptors (Lipinski definition) is 2. The van der Waals surface area contributed by atoms with Crippen LogP contribution in [0.1, 0.15) is 36.1 Å². The lowest BCUT2D eigenvalue weighted by Gasteiger charge is -2.16. The van der Waals surface area contributed by atoms with Crippen LogP contribution < -0.4 is 0 Å². The predicted octanol–water partition coefficient (Wildman–Crippen LogP) is 3.77. The van der Waals surface area contributed by atoms with Crippen LogP contribution in [0.4, 0.5) is 4.39 Å². The van der Waals surface area contributed by atoms with E-state index in [-0.39, 0.29) is 5.82 Å². The van der Waals surface area contributed by atoms with E-state index in [0.717, 1.165) is 38.2 Å². The van der Waals surface area contributed by atoms with Crippen molar-refractivity contribution >= 4 is 0 Å². The Kier molecular flexibility index (Phi) is 4.30. The lowest BCUT2D eigenvalue weighted by Crippen LogP contribution is -2.20. The SMILES string of the molecule is CCc1ccc(CN2CC[C@H](c3ccc(F)cc3)C2)nc1. The molecular weight excluding hydrogens is 263 g/mol. The summed E-state index contributed by atoms with van der Waals surface area (Å²) in [4.78, 5) is 6.96. The maximum Gasteiger partial charge on any atom is 0.123 e. The van der Waals surface area contributed by atoms with Crippen molar-refractivity contribution in [2.75, 3.05) is 13.1 Å². The van der Waals surface area contributed by atoms with Gasteiger partial charge >= 0.3 is 0 Å². The normalized spacial score (nSPS) is 19.0. The van der Waals surface area contributed by atoms with E-state index in [0.29, 0.717) is 5.92 Å². The maximum absolute atomic E-state index is 13.0. The number of benzene rings is 1. The first kappa shape index (κ1) is 14.2. The molecule has 0 saturated carbocycles. The molecule has 1 aliphatic heterocycles. The molecule has 2 nitrogen and oxygen atoms in total. The van der Waals surface area contributed by atoms with Gasteiger partial charge in [0.1, 0.15) is 5.82 Å². The molecule has 2 aromatic rings. The molecule has 3 heteroatoms. The van der Waals surface area contributed by atoms with Crippen LogP contribution in [0.3, 0.4) is 0 Å². The molecule has 1 saturated heterocycles. The largest absolute Gasteiger partial charge is 0.297 e. The molecule has 2 heterocycles. The highest BCUT2D eigenvalue weighted by Crippen LogP contribution is 2.28. The van der Waals surface area contributed by atoms with Crippen LogP contribution in [0.2, 0.25) is 0 Å². The molecule has 1 aromatic carbocycles. The monoisotopic (exact) mass is 284 g/mol. The molecule has 0 N–H and O–H groups in total. The Hall–Kier alpha value is -1.74. The number of aryl methyl sites for hydroxylation is 1. The minimum atomic E-state index is -0.159. The molecule has 110 valence electrons. The molecule has 1 aliphatic rings. The van der Waals surface area contributed by atoms with Gasteiger partial charge in [-0.3, -0.25) is 9.88 Å². The summed E-state index contributed by atoms with van der Waals surface area (Å²) in [7, 11) is 0. The zero-order valence-electron chi connectivity index (χ0n) is 12.4. The third-order valence-electron chi connectivity index (χ3n) is 4.29. The van der Waals surface area contributed by atoms with E-state index < -0.39 is 0 Å². The minimum absolute atomic E-state index is 0.159. The quantitative estimate of drug-likeness (QED) is 0.849. The molecule has 21 heavy (non-hydrogen) atoms. The van der Waals surface area contributed by atoms with Gasteiger partial charge in [0.15, 0.2) is 0 Å². The van der Waals surface area contributed by atoms with Crippen molar-refractivity contribution < 1.29 is 4.39 Å². The van der Waals surface area contributed by atoms with Crippen molar-refractivity contribution in [1.82, 2.24) is 9.88 Å². The summed E-state index contributed by atoms with van der Waals surface area (Å²) in [5.74, 6) is 0.356. The number of pyridine rings is 1. The van der Waals surface area contributed by atoms with Crippen molar-refractivity contribution in [3.63, 3.8) is 0 Å². The Bertz CT molecular complexity index is 577. The summed E-state index contributed by atoms with van der Waals surface area (Å²) >= 11 is 0. The van der Waals surface area contributed by atoms with Crippen LogP contribution in [-0.2, 0) is 13.0 Å². The van der Waals surface area contributed by atoms with Crippen LogP contribution in [-0.4, -0.2) is 23.0 Å². The van der Waals surface area contributed by atoms with Gasteiger partial charge in [-0.25, -0.2) is 4.39 Å². The van der Waals surface area contributed by atoms with Crippen molar-refractivity contribution in [1.29, 1.82) is 0 Å². The molecule has 1 atom stereocenters. The zero-order valence-corrected chi connectivity index (χ0v) is 12.4. The standard InChI is InChI=1S/C18H21FN2/c1-2-14-3-8-18(20-11-14)13-21-10-9-16(12-21)15-4-6-17(19)7-5-15/h3-8,11,16H,2,9-10,12-13H2,1H3/t16-/m0/s1. The lowest BCUT2D eigenvalue weighted by molar-refractivity contribution is 0.322. The van der Waals surface area contributed by atoms with Crippen molar-refractivity contribution in [2.24, 2.45) is 0 Å². The Morgan fingerprint density at radius 1 is 1.19 bits per heavy atom. The van der Waals surface area contributed by atoms with Gasteiger partial charge in [-0.1, -0.05) is 25.1 Å². The average molecular weight is 284 g/mol. The van der Waals surface area contributed by atoms with Crippen LogP contribution in [0, 0.1) is 5.82 Å². The van der Waals surface area contributed by atoms with E-state index in [1.165, 1.54) is 11.1 Å². The van der Waals surface area contributed by atoms with Crippen LogP contribution in [0.25, 0.3) is 0 Å². The number of rotatable bonds is 4. The topological polar surface area (TPSA) is 16.1 Å². The molecule has 0 bridgehead atoms. The summed E-state index contributed by atoms with van der Waals surface area (Å²) in [6.45, 7) is 5.16. The molecule has 3 rings (SSSR count). The van der Waals surface area contributed by atoms with Crippen molar-refractivity contribution in [3.05, 3.63) is 65.2 Å². The van der Waals surface area contributed by atoms with E-state index in [1.807, 2.05) is 18.3 Å². The summed E-state index contributed by atoms with van der Waals surface area (Å²) in [6, 6.07) is 11.2. The Balaban J connectivity index is 1.60. The van der Waals surface area contributed by atoms with Gasteiger partial charge in [0.2, 0.25) is 0 Å². The maximum atomic E-state index is 13.0. The van der Waals surface area contributed by atoms with Crippen molar-refractivity contribution in [3.8, 4) is 0 Å². The molecule has 1 fully saturated rings. The smallest absolute Gasteiger partial charge is 0.123 e. The first-order valence-corrected chi connectivity index (χ1v) is 7.66. The molecule has 0 aliphatic carbocycles. The molecular formula is C18H21FN2. The van der Waals surface area contributed by atoms with Crippen molar-refractivity contribution in [2.45, 2.75) is 32.2 Å². The highest BCUT2D eigenvalue weighted by atomic mass is 19.1. The second-order valence-electron chi connectivity index (χ2n) is 5.78. The Morgan fingerprint density at radius 2 is 2.00 bits per heavy atom. The van der Waals surface area contributed by atoms with Gasteiger partial charge in [-0.15, -0.1) is 0 Å². The summed E-state index contributed by atoms with van der Waals surface area (Å²) < 4.78 is 13.0. The molecule has 0 radical (unpaired) electrons. The van der Waals surface area contributed by atoms with E-state index in [2.05, 4.69) is 28.9 Å². The van der Waals surface area contributed by atoms with Gasteiger partial charge in [0, 0.05) is 19.3 Å². The Morgan fingerprint density at radius 3 is 2.67 bits per heavy atom. The fraction of sp³-hybridized carbons (Fsp3) is 0.389. The van der Waals surface area contributed by atoms with Crippen LogP contribution in [0.15, 0.2) is 42.6 Å². The lowest BCUT2D eigenvalue weighted by atomic mass is 9.99. The van der Waals surface area contributed by atoms with E-state index >= 15 is 0 Å². The fourth-order valence-corrected chi connectivity index (χ4v) is 2.97. The van der Waals surface area contributed by atoms with Gasteiger partial charge in [0.25, 0.3) is 0 Å². The number of hydrogen-bond donors (Lipinski definition) is 0. The van der Waals surface area contributed by atoms with Crippen LogP contribution >= 0.6 is 0 Å². The third kappa shape index (κ3) is 3.48. The third-order valence-corrected chi connectivity index (χ3v) is 4.29. The molecule has 0 unspecified atom stereocenters. The predicted molar refractivity (Wildman–Crippen MR) is 82.7 cm³/mol. The summed E-state index contributed by atoms with van der Waals surface area (Å²) in [5.41, 5.74) is 3.66. The van der Waals surface area contributed by atoms with Gasteiger partial charge in [-0.05, 0) is 54.6 Å². The van der Waals surface area contributed by atoms with Gasteiger partial charge in [0.05, 0.1) is 5.69 Å². The van der Waals surface area contributed by atoms with Gasteiger partial charge < -0.3 is 0 Å². The van der Waals surface area contributed by atoms with Crippen LogP contribution in [0.5, 0.6) is 0 Å². The highest BCUT2D eigenvalue weighted by molar-refractivity contribution is 5.22. The second-order valence-corrected chi connectivity index (χ2v) is 5.78. The van der Waals surface area contributed by atoms with E-state index in [9.17, 15) is 4.39 Å². The fourth-order valence-electron chi connectivity index (χ4n) is 2.97. The van der Waals surface area contributed by atoms with Gasteiger partial charge in [-0.2, -0.15) is 0 Å². The summed E-state index contributed by atoms with van der Waals surface area (Å²) in [6.07, 6.45) is 4.14. The molecule has 1 aromatic heterocycles. The van der Waals surface area contributed by atoms with E-state index in [1.54, 1.807) is 12.1 Å². The Labute approximate surface area is 125 Å².